The van der Waals surface area contributed by atoms with E-state index >= 15 is 0 Å². The van der Waals surface area contributed by atoms with E-state index in [0.717, 1.165) is 0 Å². The second-order valence-corrected chi connectivity index (χ2v) is 4.55. The molecule has 0 spiro atoms. The number of nitriles is 1. The molecule has 0 fully saturated rings. The van der Waals surface area contributed by atoms with Crippen molar-refractivity contribution in [1.29, 1.82) is 5.26 Å². The van der Waals surface area contributed by atoms with Crippen molar-refractivity contribution in [1.82, 2.24) is 0 Å². The van der Waals surface area contributed by atoms with Crippen molar-refractivity contribution < 1.29 is 9.34 Å². The van der Waals surface area contributed by atoms with Crippen LogP contribution in [0.4, 0.5) is 5.69 Å². The number of nitro benzene ring substituents is 1. The zero-order valence-corrected chi connectivity index (χ0v) is 11.1. The van der Waals surface area contributed by atoms with Crippen LogP contribution in [0.5, 0.6) is 0 Å². The fourth-order valence-electron chi connectivity index (χ4n) is 2.18. The highest BCUT2D eigenvalue weighted by Gasteiger charge is 2.16. The minimum atomic E-state index is -0.522. The first-order valence-electron chi connectivity index (χ1n) is 6.32. The van der Waals surface area contributed by atoms with Crippen LogP contribution in [-0.2, 0) is 0 Å². The first kappa shape index (κ1) is 13.5. The second kappa shape index (κ2) is 5.14. The zero-order chi connectivity index (χ0) is 15.7. The number of hydrogen-bond acceptors (Lipinski definition) is 5. The number of non-ortho nitro benzene ring substituents is 1. The third-order valence-electron chi connectivity index (χ3n) is 3.25. The molecule has 0 bridgehead atoms. The number of nitro groups is 1. The van der Waals surface area contributed by atoms with Gasteiger partial charge in [-0.05, 0) is 24.3 Å². The van der Waals surface area contributed by atoms with Crippen LogP contribution in [0.3, 0.4) is 0 Å². The predicted molar refractivity (Wildman–Crippen MR) is 79.3 cm³/mol. The van der Waals surface area contributed by atoms with E-state index in [0.29, 0.717) is 16.5 Å². The molecular weight excluding hydrogens is 284 g/mol. The van der Waals surface area contributed by atoms with Crippen molar-refractivity contribution in [3.63, 3.8) is 0 Å². The topological polar surface area (TPSA) is 97.1 Å². The van der Waals surface area contributed by atoms with Gasteiger partial charge in [-0.2, -0.15) is 5.26 Å². The number of hydrogen-bond donors (Lipinski definition) is 0. The Morgan fingerprint density at radius 3 is 2.41 bits per heavy atom. The maximum atomic E-state index is 12.3. The van der Waals surface area contributed by atoms with Gasteiger partial charge in [0.15, 0.2) is 5.76 Å². The van der Waals surface area contributed by atoms with Gasteiger partial charge in [-0.3, -0.25) is 14.9 Å². The Kier molecular flexibility index (Phi) is 3.16. The number of para-hydroxylation sites is 1. The zero-order valence-electron chi connectivity index (χ0n) is 11.1. The summed E-state index contributed by atoms with van der Waals surface area (Å²) in [4.78, 5) is 22.5. The van der Waals surface area contributed by atoms with E-state index in [2.05, 4.69) is 0 Å². The summed E-state index contributed by atoms with van der Waals surface area (Å²) >= 11 is 0. The number of nitrogens with zero attached hydrogens (tertiary/aromatic N) is 2. The normalized spacial score (nSPS) is 10.3. The lowest BCUT2D eigenvalue weighted by molar-refractivity contribution is -0.384. The van der Waals surface area contributed by atoms with Gasteiger partial charge in [0.2, 0.25) is 5.43 Å². The van der Waals surface area contributed by atoms with Gasteiger partial charge in [0.1, 0.15) is 17.2 Å². The fraction of sp³-hybridized carbons (Fsp3) is 0. The summed E-state index contributed by atoms with van der Waals surface area (Å²) in [5, 5.41) is 20.2. The maximum Gasteiger partial charge on any atom is 0.269 e. The van der Waals surface area contributed by atoms with Gasteiger partial charge in [-0.25, -0.2) is 0 Å². The molecule has 22 heavy (non-hydrogen) atoms. The summed E-state index contributed by atoms with van der Waals surface area (Å²) in [5.74, 6) is 0.112. The van der Waals surface area contributed by atoms with Gasteiger partial charge in [0.05, 0.1) is 10.3 Å². The van der Waals surface area contributed by atoms with E-state index in [1.54, 1.807) is 24.3 Å². The molecule has 0 amide bonds. The number of fused-ring (bicyclic) bond motifs is 1. The minimum absolute atomic E-state index is 0.0783. The Bertz CT molecular complexity index is 982. The molecule has 0 aliphatic carbocycles. The van der Waals surface area contributed by atoms with Crippen LogP contribution in [0.2, 0.25) is 0 Å². The predicted octanol–water partition coefficient (Wildman–Crippen LogP) is 3.24. The highest BCUT2D eigenvalue weighted by atomic mass is 16.6. The van der Waals surface area contributed by atoms with E-state index in [9.17, 15) is 20.2 Å². The van der Waals surface area contributed by atoms with Gasteiger partial charge >= 0.3 is 0 Å². The molecule has 0 atom stereocenters. The first-order chi connectivity index (χ1) is 10.6. The van der Waals surface area contributed by atoms with E-state index in [-0.39, 0.29) is 17.0 Å². The molecule has 6 nitrogen and oxygen atoms in total. The molecule has 106 valence electrons. The van der Waals surface area contributed by atoms with Gasteiger partial charge in [-0.15, -0.1) is 0 Å². The first-order valence-corrected chi connectivity index (χ1v) is 6.32. The summed E-state index contributed by atoms with van der Waals surface area (Å²) in [6.07, 6.45) is 0. The van der Waals surface area contributed by atoms with Crippen molar-refractivity contribution in [2.75, 3.05) is 0 Å². The third-order valence-corrected chi connectivity index (χ3v) is 3.25. The van der Waals surface area contributed by atoms with Crippen LogP contribution in [0.1, 0.15) is 5.56 Å². The van der Waals surface area contributed by atoms with Crippen LogP contribution in [-0.4, -0.2) is 4.92 Å². The average Bonchev–Trinajstić information content (AvgIpc) is 2.55. The van der Waals surface area contributed by atoms with E-state index in [1.165, 1.54) is 24.3 Å². The summed E-state index contributed by atoms with van der Waals surface area (Å²) < 4.78 is 5.66. The molecule has 0 saturated carbocycles. The largest absolute Gasteiger partial charge is 0.454 e. The molecule has 2 aromatic carbocycles. The average molecular weight is 292 g/mol. The van der Waals surface area contributed by atoms with Crippen LogP contribution >= 0.6 is 0 Å². The molecule has 3 aromatic rings. The standard InChI is InChI=1S/C16H8N2O4/c17-9-13-15(19)12-3-1-2-4-14(12)22-16(13)10-5-7-11(8-6-10)18(20)21/h1-8H. The molecule has 0 N–H and O–H groups in total. The van der Waals surface area contributed by atoms with Crippen molar-refractivity contribution in [2.45, 2.75) is 0 Å². The van der Waals surface area contributed by atoms with Crippen molar-refractivity contribution in [2.24, 2.45) is 0 Å². The lowest BCUT2D eigenvalue weighted by atomic mass is 10.1. The van der Waals surface area contributed by atoms with Crippen molar-refractivity contribution in [3.05, 3.63) is 74.4 Å². The van der Waals surface area contributed by atoms with Gasteiger partial charge in [-0.1, -0.05) is 12.1 Å². The lowest BCUT2D eigenvalue weighted by Crippen LogP contribution is -2.08. The third kappa shape index (κ3) is 2.11. The molecule has 1 aromatic heterocycles. The Morgan fingerprint density at radius 1 is 1.09 bits per heavy atom. The highest BCUT2D eigenvalue weighted by molar-refractivity contribution is 5.81. The fourth-order valence-corrected chi connectivity index (χ4v) is 2.18. The summed E-state index contributed by atoms with van der Waals surface area (Å²) in [6, 6.07) is 14.0. The van der Waals surface area contributed by atoms with Crippen molar-refractivity contribution in [3.8, 4) is 17.4 Å². The Labute approximate surface area is 124 Å². The SMILES string of the molecule is N#Cc1c(-c2ccc([N+](=O)[O-])cc2)oc2ccccc2c1=O. The maximum absolute atomic E-state index is 12.3. The Balaban J connectivity index is 2.28. The summed E-state index contributed by atoms with van der Waals surface area (Å²) in [6.45, 7) is 0. The van der Waals surface area contributed by atoms with E-state index in [4.69, 9.17) is 4.42 Å². The Hall–Kier alpha value is -3.46. The smallest absolute Gasteiger partial charge is 0.269 e. The molecule has 0 radical (unpaired) electrons. The van der Waals surface area contributed by atoms with Crippen LogP contribution in [0.25, 0.3) is 22.3 Å². The summed E-state index contributed by atoms with van der Waals surface area (Å²) in [7, 11) is 0. The molecule has 0 saturated heterocycles. The number of rotatable bonds is 2. The Morgan fingerprint density at radius 2 is 1.77 bits per heavy atom. The van der Waals surface area contributed by atoms with Crippen molar-refractivity contribution >= 4 is 16.7 Å². The second-order valence-electron chi connectivity index (χ2n) is 4.55. The van der Waals surface area contributed by atoms with Crippen LogP contribution < -0.4 is 5.43 Å². The molecule has 0 aliphatic rings. The number of benzene rings is 2. The van der Waals surface area contributed by atoms with Crippen LogP contribution in [0, 0.1) is 21.4 Å². The van der Waals surface area contributed by atoms with E-state index < -0.39 is 10.4 Å². The monoisotopic (exact) mass is 292 g/mol. The van der Waals surface area contributed by atoms with Gasteiger partial charge in [0.25, 0.3) is 5.69 Å². The molecule has 1 heterocycles. The highest BCUT2D eigenvalue weighted by Crippen LogP contribution is 2.27. The summed E-state index contributed by atoms with van der Waals surface area (Å²) in [5.41, 5.74) is 0.181. The lowest BCUT2D eigenvalue weighted by Gasteiger charge is -2.05. The minimum Gasteiger partial charge on any atom is -0.454 e. The van der Waals surface area contributed by atoms with Gasteiger partial charge < -0.3 is 4.42 Å². The quantitative estimate of drug-likeness (QED) is 0.533. The molecular formula is C16H8N2O4. The van der Waals surface area contributed by atoms with Crippen LogP contribution in [0.15, 0.2) is 57.7 Å². The molecule has 0 aliphatic heterocycles. The van der Waals surface area contributed by atoms with Gasteiger partial charge in [0, 0.05) is 17.7 Å². The molecule has 3 rings (SSSR count). The molecule has 6 heteroatoms. The van der Waals surface area contributed by atoms with E-state index in [1.807, 2.05) is 6.07 Å². The molecule has 0 unspecified atom stereocenters.